The molecule has 1 aromatic rings. The van der Waals surface area contributed by atoms with Gasteiger partial charge in [-0.25, -0.2) is 0 Å². The second kappa shape index (κ2) is 5.76. The molecule has 4 heteroatoms. The Kier molecular flexibility index (Phi) is 4.29. The van der Waals surface area contributed by atoms with Crippen molar-refractivity contribution in [2.75, 3.05) is 0 Å². The van der Waals surface area contributed by atoms with Crippen LogP contribution < -0.4 is 0 Å². The van der Waals surface area contributed by atoms with E-state index in [0.717, 1.165) is 5.56 Å². The number of ether oxygens (including phenoxy) is 1. The number of rotatable bonds is 4. The standard InChI is InChI=1S/C19H22O4/c1-12(10-13(2)20)19(17(22)23-18(3,4)5)11-14-8-6-7-9-15(14)16(19)21/h6-9H,1,10-11H2,2-5H3/t19-/m0/s1. The normalized spacial score (nSPS) is 20.1. The molecule has 4 nitrogen and oxygen atoms in total. The van der Waals surface area contributed by atoms with E-state index < -0.39 is 17.0 Å². The maximum absolute atomic E-state index is 13.0. The number of esters is 1. The summed E-state index contributed by atoms with van der Waals surface area (Å²) in [6.45, 7) is 10.6. The van der Waals surface area contributed by atoms with Crippen LogP contribution in [0.25, 0.3) is 0 Å². The largest absolute Gasteiger partial charge is 0.459 e. The number of benzene rings is 1. The van der Waals surface area contributed by atoms with Gasteiger partial charge in [-0.2, -0.15) is 0 Å². The van der Waals surface area contributed by atoms with Gasteiger partial charge in [-0.1, -0.05) is 30.8 Å². The van der Waals surface area contributed by atoms with Gasteiger partial charge in [-0.05, 0) is 38.8 Å². The highest BCUT2D eigenvalue weighted by Gasteiger charge is 2.55. The highest BCUT2D eigenvalue weighted by Crippen LogP contribution is 2.44. The molecule has 0 aromatic heterocycles. The molecule has 0 saturated carbocycles. The first-order valence-electron chi connectivity index (χ1n) is 7.62. The van der Waals surface area contributed by atoms with Gasteiger partial charge in [0.15, 0.2) is 11.2 Å². The van der Waals surface area contributed by atoms with Crippen LogP contribution in [0, 0.1) is 5.41 Å². The summed E-state index contributed by atoms with van der Waals surface area (Å²) in [5.74, 6) is -1.09. The van der Waals surface area contributed by atoms with E-state index in [-0.39, 0.29) is 24.4 Å². The van der Waals surface area contributed by atoms with Gasteiger partial charge in [-0.15, -0.1) is 0 Å². The Morgan fingerprint density at radius 3 is 2.39 bits per heavy atom. The molecule has 1 aliphatic carbocycles. The summed E-state index contributed by atoms with van der Waals surface area (Å²) in [6, 6.07) is 7.10. The molecule has 2 rings (SSSR count). The van der Waals surface area contributed by atoms with E-state index in [1.165, 1.54) is 6.92 Å². The molecule has 0 saturated heterocycles. The van der Waals surface area contributed by atoms with Crippen LogP contribution in [-0.2, 0) is 20.7 Å². The zero-order valence-corrected chi connectivity index (χ0v) is 14.1. The lowest BCUT2D eigenvalue weighted by Gasteiger charge is -2.31. The van der Waals surface area contributed by atoms with Gasteiger partial charge in [-0.3, -0.25) is 14.4 Å². The SMILES string of the molecule is C=C(CC(C)=O)[C@@]1(C(=O)OC(C)(C)C)Cc2ccccc2C1=O. The molecule has 0 radical (unpaired) electrons. The molecule has 1 atom stereocenters. The Labute approximate surface area is 136 Å². The van der Waals surface area contributed by atoms with E-state index in [9.17, 15) is 14.4 Å². The third-order valence-corrected chi connectivity index (χ3v) is 3.92. The van der Waals surface area contributed by atoms with Crippen molar-refractivity contribution in [1.82, 2.24) is 0 Å². The van der Waals surface area contributed by atoms with Crippen LogP contribution in [0.1, 0.15) is 50.0 Å². The second-order valence-corrected chi connectivity index (χ2v) is 7.05. The summed E-state index contributed by atoms with van der Waals surface area (Å²) in [7, 11) is 0. The quantitative estimate of drug-likeness (QED) is 0.486. The zero-order chi connectivity index (χ0) is 17.4. The Hall–Kier alpha value is -2.23. The third-order valence-electron chi connectivity index (χ3n) is 3.92. The predicted octanol–water partition coefficient (Wildman–Crippen LogP) is 3.29. The Morgan fingerprint density at radius 2 is 1.87 bits per heavy atom. The fraction of sp³-hybridized carbons (Fsp3) is 0.421. The van der Waals surface area contributed by atoms with Gasteiger partial charge in [0.1, 0.15) is 11.4 Å². The molecular formula is C19H22O4. The van der Waals surface area contributed by atoms with Crippen molar-refractivity contribution in [1.29, 1.82) is 0 Å². The van der Waals surface area contributed by atoms with Crippen molar-refractivity contribution in [3.63, 3.8) is 0 Å². The number of carbonyl (C=O) groups excluding carboxylic acids is 3. The van der Waals surface area contributed by atoms with E-state index in [4.69, 9.17) is 4.74 Å². The lowest BCUT2D eigenvalue weighted by atomic mass is 9.75. The molecule has 0 bridgehead atoms. The molecule has 0 heterocycles. The van der Waals surface area contributed by atoms with Gasteiger partial charge in [0.25, 0.3) is 0 Å². The fourth-order valence-corrected chi connectivity index (χ4v) is 2.90. The van der Waals surface area contributed by atoms with E-state index in [1.54, 1.807) is 32.9 Å². The lowest BCUT2D eigenvalue weighted by molar-refractivity contribution is -0.162. The maximum Gasteiger partial charge on any atom is 0.325 e. The van der Waals surface area contributed by atoms with Crippen LogP contribution in [0.3, 0.4) is 0 Å². The molecule has 0 amide bonds. The van der Waals surface area contributed by atoms with Crippen LogP contribution in [-0.4, -0.2) is 23.1 Å². The summed E-state index contributed by atoms with van der Waals surface area (Å²) < 4.78 is 5.50. The van der Waals surface area contributed by atoms with Crippen molar-refractivity contribution in [2.24, 2.45) is 5.41 Å². The molecule has 0 aliphatic heterocycles. The topological polar surface area (TPSA) is 60.4 Å². The number of Topliss-reactive ketones (excluding diaryl/α,β-unsaturated/α-hetero) is 2. The Bertz CT molecular complexity index is 694. The molecular weight excluding hydrogens is 292 g/mol. The van der Waals surface area contributed by atoms with Gasteiger partial charge in [0.05, 0.1) is 0 Å². The van der Waals surface area contributed by atoms with Gasteiger partial charge in [0.2, 0.25) is 0 Å². The first-order valence-corrected chi connectivity index (χ1v) is 7.62. The number of hydrogen-bond donors (Lipinski definition) is 0. The van der Waals surface area contributed by atoms with Crippen molar-refractivity contribution >= 4 is 17.5 Å². The smallest absolute Gasteiger partial charge is 0.325 e. The number of hydrogen-bond acceptors (Lipinski definition) is 4. The molecule has 1 aliphatic rings. The van der Waals surface area contributed by atoms with Crippen LogP contribution in [0.15, 0.2) is 36.4 Å². The van der Waals surface area contributed by atoms with E-state index in [0.29, 0.717) is 11.1 Å². The fourth-order valence-electron chi connectivity index (χ4n) is 2.90. The average Bonchev–Trinajstić information content (AvgIpc) is 2.71. The average molecular weight is 314 g/mol. The van der Waals surface area contributed by atoms with Gasteiger partial charge in [0, 0.05) is 18.4 Å². The maximum atomic E-state index is 13.0. The van der Waals surface area contributed by atoms with Crippen molar-refractivity contribution in [3.05, 3.63) is 47.5 Å². The lowest BCUT2D eigenvalue weighted by Crippen LogP contribution is -2.43. The summed E-state index contributed by atoms with van der Waals surface area (Å²) in [5, 5.41) is 0. The van der Waals surface area contributed by atoms with Gasteiger partial charge < -0.3 is 4.74 Å². The Balaban J connectivity index is 2.51. The number of carbonyl (C=O) groups is 3. The molecule has 0 unspecified atom stereocenters. The van der Waals surface area contributed by atoms with Crippen molar-refractivity contribution < 1.29 is 19.1 Å². The first kappa shape index (κ1) is 17.1. The van der Waals surface area contributed by atoms with E-state index in [2.05, 4.69) is 6.58 Å². The molecule has 0 fully saturated rings. The summed E-state index contributed by atoms with van der Waals surface area (Å²) >= 11 is 0. The van der Waals surface area contributed by atoms with Crippen LogP contribution >= 0.6 is 0 Å². The molecule has 1 aromatic carbocycles. The predicted molar refractivity (Wildman–Crippen MR) is 87.2 cm³/mol. The van der Waals surface area contributed by atoms with Gasteiger partial charge >= 0.3 is 5.97 Å². The minimum absolute atomic E-state index is 0.0149. The molecule has 0 spiro atoms. The number of ketones is 2. The number of fused-ring (bicyclic) bond motifs is 1. The zero-order valence-electron chi connectivity index (χ0n) is 14.1. The van der Waals surface area contributed by atoms with E-state index >= 15 is 0 Å². The molecule has 23 heavy (non-hydrogen) atoms. The van der Waals surface area contributed by atoms with Crippen LogP contribution in [0.4, 0.5) is 0 Å². The van der Waals surface area contributed by atoms with Crippen LogP contribution in [0.2, 0.25) is 0 Å². The van der Waals surface area contributed by atoms with Crippen molar-refractivity contribution in [3.8, 4) is 0 Å². The van der Waals surface area contributed by atoms with E-state index in [1.807, 2.05) is 12.1 Å². The highest BCUT2D eigenvalue weighted by molar-refractivity contribution is 6.18. The summed E-state index contributed by atoms with van der Waals surface area (Å²) in [6.07, 6.45) is 0.183. The minimum atomic E-state index is -1.50. The first-order chi connectivity index (χ1) is 10.6. The summed E-state index contributed by atoms with van der Waals surface area (Å²) in [5.41, 5.74) is -0.630. The highest BCUT2D eigenvalue weighted by atomic mass is 16.6. The third kappa shape index (κ3) is 3.11. The minimum Gasteiger partial charge on any atom is -0.459 e. The van der Waals surface area contributed by atoms with Crippen molar-refractivity contribution in [2.45, 2.75) is 46.1 Å². The monoisotopic (exact) mass is 314 g/mol. The summed E-state index contributed by atoms with van der Waals surface area (Å²) in [4.78, 5) is 37.4. The van der Waals surface area contributed by atoms with Crippen LogP contribution in [0.5, 0.6) is 0 Å². The Morgan fingerprint density at radius 1 is 1.26 bits per heavy atom. The molecule has 122 valence electrons. The second-order valence-electron chi connectivity index (χ2n) is 7.05. The molecule has 0 N–H and O–H groups in total.